The van der Waals surface area contributed by atoms with Crippen LogP contribution in [0.15, 0.2) is 22.7 Å². The number of amides is 1. The number of nitrogens with one attached hydrogen (secondary N) is 1. The summed E-state index contributed by atoms with van der Waals surface area (Å²) in [5.41, 5.74) is 0.129. The first-order valence-electron chi connectivity index (χ1n) is 5.14. The Hall–Kier alpha value is -0.650. The summed E-state index contributed by atoms with van der Waals surface area (Å²) in [5.74, 6) is -0.718. The molecule has 0 aromatic heterocycles. The number of hydrogen-bond donors (Lipinski definition) is 1. The lowest BCUT2D eigenvalue weighted by Gasteiger charge is -2.27. The number of carbonyl (C=O) groups excluding carboxylic acids is 1. The summed E-state index contributed by atoms with van der Waals surface area (Å²) in [7, 11) is 0. The molecule has 2 rings (SSSR count). The average molecular weight is 324 g/mol. The van der Waals surface area contributed by atoms with Gasteiger partial charge in [-0.25, -0.2) is 4.39 Å². The van der Waals surface area contributed by atoms with E-state index >= 15 is 0 Å². The second-order valence-electron chi connectivity index (χ2n) is 3.64. The molecule has 1 aromatic rings. The highest BCUT2D eigenvalue weighted by Crippen LogP contribution is 2.21. The molecule has 1 amide bonds. The monoisotopic (exact) mass is 322 g/mol. The predicted octanol–water partition coefficient (Wildman–Crippen LogP) is 2.06. The van der Waals surface area contributed by atoms with Crippen molar-refractivity contribution in [3.05, 3.63) is 34.1 Å². The molecule has 0 bridgehead atoms. The zero-order chi connectivity index (χ0) is 11.5. The molecule has 1 aliphatic heterocycles. The summed E-state index contributed by atoms with van der Waals surface area (Å²) < 4.78 is 14.1. The van der Waals surface area contributed by atoms with E-state index in [-0.39, 0.29) is 23.9 Å². The topological polar surface area (TPSA) is 32.3 Å². The molecule has 6 heteroatoms. The van der Waals surface area contributed by atoms with Crippen LogP contribution in [-0.2, 0) is 0 Å². The van der Waals surface area contributed by atoms with Crippen molar-refractivity contribution in [3.8, 4) is 0 Å². The van der Waals surface area contributed by atoms with Crippen LogP contribution in [0.1, 0.15) is 10.4 Å². The Morgan fingerprint density at radius 2 is 2.00 bits per heavy atom. The molecule has 3 nitrogen and oxygen atoms in total. The molecule has 0 spiro atoms. The molecule has 1 aromatic carbocycles. The van der Waals surface area contributed by atoms with Crippen LogP contribution in [0.2, 0.25) is 0 Å². The van der Waals surface area contributed by atoms with Gasteiger partial charge >= 0.3 is 0 Å². The SMILES string of the molecule is Cl.O=C(c1c(F)cccc1Br)N1CCNCC1. The fourth-order valence-corrected chi connectivity index (χ4v) is 2.24. The van der Waals surface area contributed by atoms with Crippen molar-refractivity contribution in [3.63, 3.8) is 0 Å². The third kappa shape index (κ3) is 3.18. The average Bonchev–Trinajstić information content (AvgIpc) is 2.30. The van der Waals surface area contributed by atoms with Crippen molar-refractivity contribution in [1.82, 2.24) is 10.2 Å². The maximum absolute atomic E-state index is 13.6. The minimum atomic E-state index is -0.474. The van der Waals surface area contributed by atoms with Gasteiger partial charge in [-0.3, -0.25) is 4.79 Å². The third-order valence-electron chi connectivity index (χ3n) is 2.58. The lowest BCUT2D eigenvalue weighted by Crippen LogP contribution is -2.46. The van der Waals surface area contributed by atoms with Crippen LogP contribution in [0.25, 0.3) is 0 Å². The van der Waals surface area contributed by atoms with E-state index in [1.807, 2.05) is 0 Å². The first-order valence-corrected chi connectivity index (χ1v) is 5.93. The summed E-state index contributed by atoms with van der Waals surface area (Å²) in [5, 5.41) is 3.15. The van der Waals surface area contributed by atoms with Crippen LogP contribution in [0.4, 0.5) is 4.39 Å². The van der Waals surface area contributed by atoms with Crippen molar-refractivity contribution in [1.29, 1.82) is 0 Å². The van der Waals surface area contributed by atoms with E-state index in [9.17, 15) is 9.18 Å². The number of benzene rings is 1. The van der Waals surface area contributed by atoms with Crippen molar-refractivity contribution >= 4 is 34.2 Å². The maximum Gasteiger partial charge on any atom is 0.258 e. The van der Waals surface area contributed by atoms with Gasteiger partial charge in [-0.2, -0.15) is 0 Å². The zero-order valence-electron chi connectivity index (χ0n) is 9.08. The Balaban J connectivity index is 0.00000144. The van der Waals surface area contributed by atoms with Crippen molar-refractivity contribution in [2.45, 2.75) is 0 Å². The van der Waals surface area contributed by atoms with E-state index in [1.165, 1.54) is 6.07 Å². The molecule has 1 fully saturated rings. The molecule has 0 aliphatic carbocycles. The van der Waals surface area contributed by atoms with Crippen molar-refractivity contribution < 1.29 is 9.18 Å². The molecule has 0 atom stereocenters. The molecule has 17 heavy (non-hydrogen) atoms. The Labute approximate surface area is 114 Å². The molecule has 0 unspecified atom stereocenters. The van der Waals surface area contributed by atoms with Gasteiger partial charge in [-0.1, -0.05) is 6.07 Å². The normalized spacial score (nSPS) is 15.3. The van der Waals surface area contributed by atoms with Crippen LogP contribution >= 0.6 is 28.3 Å². The Morgan fingerprint density at radius 3 is 2.59 bits per heavy atom. The van der Waals surface area contributed by atoms with E-state index in [0.29, 0.717) is 17.6 Å². The summed E-state index contributed by atoms with van der Waals surface area (Å²) in [4.78, 5) is 13.7. The van der Waals surface area contributed by atoms with Crippen molar-refractivity contribution in [2.24, 2.45) is 0 Å². The first-order chi connectivity index (χ1) is 7.70. The van der Waals surface area contributed by atoms with E-state index in [0.717, 1.165) is 13.1 Å². The van der Waals surface area contributed by atoms with Gasteiger partial charge in [-0.05, 0) is 28.1 Å². The van der Waals surface area contributed by atoms with Crippen LogP contribution in [0, 0.1) is 5.82 Å². The molecule has 1 N–H and O–H groups in total. The lowest BCUT2D eigenvalue weighted by molar-refractivity contribution is 0.0730. The second kappa shape index (κ2) is 6.33. The van der Waals surface area contributed by atoms with Crippen LogP contribution < -0.4 is 5.32 Å². The first kappa shape index (κ1) is 14.4. The molecule has 1 aliphatic rings. The number of halogens is 3. The fourth-order valence-electron chi connectivity index (χ4n) is 1.73. The Kier molecular flexibility index (Phi) is 5.36. The van der Waals surface area contributed by atoms with Gasteiger partial charge in [-0.15, -0.1) is 12.4 Å². The molecule has 0 saturated carbocycles. The minimum Gasteiger partial charge on any atom is -0.336 e. The summed E-state index contributed by atoms with van der Waals surface area (Å²) >= 11 is 3.21. The van der Waals surface area contributed by atoms with Gasteiger partial charge in [0.15, 0.2) is 0 Å². The minimum absolute atomic E-state index is 0. The number of nitrogens with zero attached hydrogens (tertiary/aromatic N) is 1. The quantitative estimate of drug-likeness (QED) is 0.858. The van der Waals surface area contributed by atoms with E-state index in [4.69, 9.17) is 0 Å². The molecular formula is C11H13BrClFN2O. The van der Waals surface area contributed by atoms with Gasteiger partial charge in [0.1, 0.15) is 5.82 Å². The predicted molar refractivity (Wildman–Crippen MR) is 70.1 cm³/mol. The highest BCUT2D eigenvalue weighted by atomic mass is 79.9. The number of rotatable bonds is 1. The smallest absolute Gasteiger partial charge is 0.258 e. The fraction of sp³-hybridized carbons (Fsp3) is 0.364. The van der Waals surface area contributed by atoms with Crippen LogP contribution in [0.5, 0.6) is 0 Å². The molecule has 1 heterocycles. The Bertz CT molecular complexity index is 390. The molecule has 1 saturated heterocycles. The highest BCUT2D eigenvalue weighted by Gasteiger charge is 2.22. The van der Waals surface area contributed by atoms with Crippen LogP contribution in [-0.4, -0.2) is 37.0 Å². The van der Waals surface area contributed by atoms with E-state index in [2.05, 4.69) is 21.2 Å². The molecule has 94 valence electrons. The second-order valence-corrected chi connectivity index (χ2v) is 4.49. The lowest BCUT2D eigenvalue weighted by atomic mass is 10.1. The standard InChI is InChI=1S/C11H12BrFN2O.ClH/c12-8-2-1-3-9(13)10(8)11(16)15-6-4-14-5-7-15;/h1-3,14H,4-7H2;1H. The van der Waals surface area contributed by atoms with Gasteiger partial charge in [0.25, 0.3) is 5.91 Å². The third-order valence-corrected chi connectivity index (χ3v) is 3.24. The van der Waals surface area contributed by atoms with Crippen LogP contribution in [0.3, 0.4) is 0 Å². The summed E-state index contributed by atoms with van der Waals surface area (Å²) in [6.07, 6.45) is 0. The number of piperazine rings is 1. The molecule has 0 radical (unpaired) electrons. The van der Waals surface area contributed by atoms with Crippen molar-refractivity contribution in [2.75, 3.05) is 26.2 Å². The highest BCUT2D eigenvalue weighted by molar-refractivity contribution is 9.10. The van der Waals surface area contributed by atoms with Gasteiger partial charge in [0.05, 0.1) is 5.56 Å². The number of hydrogen-bond acceptors (Lipinski definition) is 2. The summed E-state index contributed by atoms with van der Waals surface area (Å²) in [6.45, 7) is 2.77. The zero-order valence-corrected chi connectivity index (χ0v) is 11.5. The van der Waals surface area contributed by atoms with Gasteiger partial charge in [0.2, 0.25) is 0 Å². The van der Waals surface area contributed by atoms with Gasteiger partial charge < -0.3 is 10.2 Å². The summed E-state index contributed by atoms with van der Waals surface area (Å²) in [6, 6.07) is 4.56. The largest absolute Gasteiger partial charge is 0.336 e. The van der Waals surface area contributed by atoms with E-state index < -0.39 is 5.82 Å². The Morgan fingerprint density at radius 1 is 1.35 bits per heavy atom. The van der Waals surface area contributed by atoms with E-state index in [1.54, 1.807) is 17.0 Å². The molecular weight excluding hydrogens is 310 g/mol. The van der Waals surface area contributed by atoms with Gasteiger partial charge in [0, 0.05) is 30.7 Å². The maximum atomic E-state index is 13.6. The number of carbonyl (C=O) groups is 1.